The van der Waals surface area contributed by atoms with Gasteiger partial charge in [-0.1, -0.05) is 27.2 Å². The molecule has 2 heterocycles. The highest BCUT2D eigenvalue weighted by Crippen LogP contribution is 2.43. The fourth-order valence-corrected chi connectivity index (χ4v) is 6.20. The molecule has 2 saturated heterocycles. The van der Waals surface area contributed by atoms with Gasteiger partial charge in [0.05, 0.1) is 6.04 Å². The first-order chi connectivity index (χ1) is 18.3. The van der Waals surface area contributed by atoms with Gasteiger partial charge in [0.2, 0.25) is 32.7 Å². The second-order valence-corrected chi connectivity index (χ2v) is 13.9. The number of alkyl halides is 3. The largest absolute Gasteiger partial charge is 0.471 e. The van der Waals surface area contributed by atoms with E-state index in [1.165, 1.54) is 25.7 Å². The fraction of sp³-hybridized carbons (Fsp3) is 0.760. The van der Waals surface area contributed by atoms with Crippen LogP contribution in [-0.4, -0.2) is 80.6 Å². The molecule has 0 unspecified atom stereocenters. The summed E-state index contributed by atoms with van der Waals surface area (Å²) in [6.45, 7) is 4.91. The van der Waals surface area contributed by atoms with Crippen LogP contribution in [0.2, 0.25) is 0 Å². The number of rotatable bonds is 8. The van der Waals surface area contributed by atoms with E-state index in [-0.39, 0.29) is 30.7 Å². The molecule has 1 saturated carbocycles. The molecule has 15 heteroatoms. The monoisotopic (exact) mass is 596 g/mol. The number of sulfone groups is 1. The van der Waals surface area contributed by atoms with Gasteiger partial charge in [-0.25, -0.2) is 8.42 Å². The molecule has 0 aromatic rings. The molecule has 3 N–H and O–H groups in total. The van der Waals surface area contributed by atoms with Crippen molar-refractivity contribution in [2.45, 2.75) is 77.2 Å². The van der Waals surface area contributed by atoms with Crippen molar-refractivity contribution in [1.29, 1.82) is 0 Å². The third kappa shape index (κ3) is 7.32. The third-order valence-corrected chi connectivity index (χ3v) is 8.65. The Kier molecular flexibility index (Phi) is 9.26. The van der Waals surface area contributed by atoms with Crippen LogP contribution >= 0.6 is 0 Å². The first-order valence-electron chi connectivity index (χ1n) is 13.1. The molecule has 40 heavy (non-hydrogen) atoms. The van der Waals surface area contributed by atoms with E-state index in [1.54, 1.807) is 5.32 Å². The Morgan fingerprint density at radius 1 is 1.12 bits per heavy atom. The van der Waals surface area contributed by atoms with Gasteiger partial charge in [0.1, 0.15) is 12.1 Å². The summed E-state index contributed by atoms with van der Waals surface area (Å²) in [4.78, 5) is 52.4. The van der Waals surface area contributed by atoms with Gasteiger partial charge in [0.25, 0.3) is 0 Å². The highest BCUT2D eigenvalue weighted by molar-refractivity contribution is 7.94. The van der Waals surface area contributed by atoms with Gasteiger partial charge in [-0.2, -0.15) is 17.6 Å². The molecule has 10 nitrogen and oxygen atoms in total. The van der Waals surface area contributed by atoms with E-state index in [0.29, 0.717) is 38.1 Å². The average Bonchev–Trinajstić information content (AvgIpc) is 3.50. The lowest BCUT2D eigenvalue weighted by Crippen LogP contribution is -2.60. The molecule has 226 valence electrons. The van der Waals surface area contributed by atoms with Crippen LogP contribution < -0.4 is 16.0 Å². The van der Waals surface area contributed by atoms with E-state index >= 15 is 0 Å². The minimum Gasteiger partial charge on any atom is -0.356 e. The van der Waals surface area contributed by atoms with Crippen molar-refractivity contribution in [2.24, 2.45) is 23.2 Å². The zero-order valence-corrected chi connectivity index (χ0v) is 23.6. The summed E-state index contributed by atoms with van der Waals surface area (Å²) in [6, 6.07) is -3.95. The zero-order chi connectivity index (χ0) is 30.2. The first-order valence-corrected chi connectivity index (χ1v) is 15.0. The molecule has 1 aliphatic carbocycles. The van der Waals surface area contributed by atoms with E-state index < -0.39 is 68.4 Å². The number of nitrogens with one attached hydrogen (secondary N) is 3. The van der Waals surface area contributed by atoms with E-state index in [2.05, 4.69) is 10.6 Å². The topological polar surface area (TPSA) is 142 Å². The number of nitrogens with zero attached hydrogens (tertiary/aromatic N) is 1. The van der Waals surface area contributed by atoms with Crippen LogP contribution in [0.25, 0.3) is 0 Å². The molecule has 6 atom stereocenters. The summed E-state index contributed by atoms with van der Waals surface area (Å²) in [5.41, 5.74) is -1.14. The molecule has 3 rings (SSSR count). The first kappa shape index (κ1) is 31.8. The van der Waals surface area contributed by atoms with Crippen LogP contribution in [-0.2, 0) is 29.0 Å². The van der Waals surface area contributed by atoms with E-state index in [0.717, 1.165) is 6.42 Å². The van der Waals surface area contributed by atoms with Crippen LogP contribution in [0, 0.1) is 23.2 Å². The van der Waals surface area contributed by atoms with Crippen molar-refractivity contribution in [3.8, 4) is 0 Å². The molecule has 0 aromatic carbocycles. The number of amides is 4. The van der Waals surface area contributed by atoms with Crippen molar-refractivity contribution in [3.05, 3.63) is 11.2 Å². The number of likely N-dealkylation sites (tertiary alicyclic amines) is 1. The van der Waals surface area contributed by atoms with Crippen LogP contribution in [0.4, 0.5) is 17.6 Å². The number of carbonyl (C=O) groups excluding carboxylic acids is 4. The molecular weight excluding hydrogens is 560 g/mol. The lowest BCUT2D eigenvalue weighted by molar-refractivity contribution is -0.176. The van der Waals surface area contributed by atoms with Crippen molar-refractivity contribution in [2.75, 3.05) is 19.3 Å². The maximum Gasteiger partial charge on any atom is 0.471 e. The molecule has 0 radical (unpaired) electrons. The Morgan fingerprint density at radius 2 is 1.77 bits per heavy atom. The molecule has 3 aliphatic rings. The molecular formula is C25H36F4N4O6S. The van der Waals surface area contributed by atoms with Gasteiger partial charge in [-0.15, -0.1) is 0 Å². The van der Waals surface area contributed by atoms with E-state index in [4.69, 9.17) is 0 Å². The summed E-state index contributed by atoms with van der Waals surface area (Å²) in [6.07, 6.45) is -1.55. The Morgan fingerprint density at radius 3 is 2.30 bits per heavy atom. The van der Waals surface area contributed by atoms with Crippen molar-refractivity contribution in [3.63, 3.8) is 0 Å². The van der Waals surface area contributed by atoms with Gasteiger partial charge < -0.3 is 20.9 Å². The maximum absolute atomic E-state index is 14.5. The molecule has 0 spiro atoms. The van der Waals surface area contributed by atoms with Crippen molar-refractivity contribution < 1.29 is 45.2 Å². The number of halogens is 4. The van der Waals surface area contributed by atoms with Crippen molar-refractivity contribution in [1.82, 2.24) is 20.9 Å². The molecule has 2 aliphatic heterocycles. The summed E-state index contributed by atoms with van der Waals surface area (Å²) in [5.74, 6) is -5.25. The van der Waals surface area contributed by atoms with Crippen molar-refractivity contribution >= 4 is 33.5 Å². The van der Waals surface area contributed by atoms with Gasteiger partial charge in [-0.3, -0.25) is 19.2 Å². The Balaban J connectivity index is 1.91. The van der Waals surface area contributed by atoms with Crippen LogP contribution in [0.3, 0.4) is 0 Å². The fourth-order valence-electron chi connectivity index (χ4n) is 5.79. The summed E-state index contributed by atoms with van der Waals surface area (Å²) in [5, 5.41) is 5.50. The second-order valence-electron chi connectivity index (χ2n) is 11.9. The quantitative estimate of drug-likeness (QED) is 0.364. The average molecular weight is 597 g/mol. The standard InChI is InChI=1S/C25H36F4N4O6S/c1-24(2,3)19(32-23(37)25(27,28)29)22(36)33-12-14-6-5-7-16(14)18(33)21(35)31-15(11-17(26)40(4,38)39)10-13-8-9-30-20(13)34/h11,13-16,18-19H,5-10,12H2,1-4H3,(H,30,34)(H,31,35)(H,32,37)/b17-11+/t13-,14+,15+,16+,18-,19+/m1/s1. The number of fused-ring (bicyclic) bond motifs is 1. The van der Waals surface area contributed by atoms with Gasteiger partial charge in [0, 0.05) is 25.3 Å². The lowest BCUT2D eigenvalue weighted by atomic mass is 9.85. The predicted octanol–water partition coefficient (Wildman–Crippen LogP) is 1.57. The second kappa shape index (κ2) is 11.6. The maximum atomic E-state index is 14.5. The smallest absolute Gasteiger partial charge is 0.356 e. The Bertz CT molecular complexity index is 1170. The SMILES string of the molecule is CC(C)(C)[C@@H](NC(=O)C(F)(F)F)C(=O)N1C[C@@H]2CCC[C@@H]2[C@@H]1C(=O)N[C@H](/C=C(\F)S(C)(=O)=O)C[C@H]1CCNC1=O. The van der Waals surface area contributed by atoms with E-state index in [9.17, 15) is 45.2 Å². The molecule has 3 fully saturated rings. The lowest BCUT2D eigenvalue weighted by Gasteiger charge is -2.36. The van der Waals surface area contributed by atoms with Crippen LogP contribution in [0.15, 0.2) is 11.2 Å². The highest BCUT2D eigenvalue weighted by Gasteiger charge is 2.53. The number of hydrogen-bond donors (Lipinski definition) is 3. The Labute approximate surface area is 230 Å². The Hall–Kier alpha value is -2.71. The summed E-state index contributed by atoms with van der Waals surface area (Å²) < 4.78 is 77.1. The zero-order valence-electron chi connectivity index (χ0n) is 22.8. The molecule has 0 bridgehead atoms. The molecule has 4 amide bonds. The summed E-state index contributed by atoms with van der Waals surface area (Å²) in [7, 11) is -4.24. The van der Waals surface area contributed by atoms with Gasteiger partial charge >= 0.3 is 12.1 Å². The predicted molar refractivity (Wildman–Crippen MR) is 135 cm³/mol. The number of hydrogen-bond acceptors (Lipinski definition) is 6. The third-order valence-electron chi connectivity index (χ3n) is 7.80. The van der Waals surface area contributed by atoms with E-state index in [1.807, 2.05) is 0 Å². The summed E-state index contributed by atoms with van der Waals surface area (Å²) >= 11 is 0. The highest BCUT2D eigenvalue weighted by atomic mass is 32.2. The normalized spacial score (nSPS) is 27.1. The molecule has 0 aromatic heterocycles. The minimum absolute atomic E-state index is 0.0826. The van der Waals surface area contributed by atoms with Gasteiger partial charge in [-0.05, 0) is 49.0 Å². The van der Waals surface area contributed by atoms with Crippen LogP contribution in [0.1, 0.15) is 52.9 Å². The van der Waals surface area contributed by atoms with Gasteiger partial charge in [0.15, 0.2) is 0 Å². The number of carbonyl (C=O) groups is 4. The van der Waals surface area contributed by atoms with Crippen LogP contribution in [0.5, 0.6) is 0 Å². The minimum atomic E-state index is -5.22.